The molecule has 2 bridgehead atoms. The van der Waals surface area contributed by atoms with Crippen LogP contribution in [0.25, 0.3) is 10.9 Å². The van der Waals surface area contributed by atoms with Gasteiger partial charge in [0.15, 0.2) is 11.8 Å². The second kappa shape index (κ2) is 8.47. The van der Waals surface area contributed by atoms with Crippen LogP contribution >= 0.6 is 11.8 Å². The molecule has 0 amide bonds. The maximum atomic E-state index is 10.9. The number of aromatic hydroxyl groups is 2. The SMILES string of the molecule is COc1ccc2[nH]cc(SCC(N)CCCCn3c(O)c4c(c3O)C3C=CC4C4C=CC34)c2c1. The van der Waals surface area contributed by atoms with E-state index in [9.17, 15) is 10.2 Å². The lowest BCUT2D eigenvalue weighted by molar-refractivity contribution is 0.306. The smallest absolute Gasteiger partial charge is 0.198 e. The summed E-state index contributed by atoms with van der Waals surface area (Å²) < 4.78 is 7.06. The first-order valence-electron chi connectivity index (χ1n) is 12.1. The van der Waals surface area contributed by atoms with E-state index >= 15 is 0 Å². The first-order chi connectivity index (χ1) is 16.6. The summed E-state index contributed by atoms with van der Waals surface area (Å²) in [7, 11) is 1.68. The van der Waals surface area contributed by atoms with E-state index in [4.69, 9.17) is 10.5 Å². The minimum absolute atomic E-state index is 0.0855. The van der Waals surface area contributed by atoms with Crippen molar-refractivity contribution in [2.45, 2.75) is 48.6 Å². The molecule has 178 valence electrons. The molecule has 3 aromatic rings. The van der Waals surface area contributed by atoms with Gasteiger partial charge >= 0.3 is 0 Å². The fourth-order valence-corrected chi connectivity index (χ4v) is 6.96. The van der Waals surface area contributed by atoms with Crippen LogP contribution in [0.1, 0.15) is 42.2 Å². The van der Waals surface area contributed by atoms with Gasteiger partial charge in [0.1, 0.15) is 5.75 Å². The molecule has 0 radical (unpaired) electrons. The zero-order chi connectivity index (χ0) is 23.4. The molecule has 1 aromatic carbocycles. The third-order valence-corrected chi connectivity index (χ3v) is 9.06. The summed E-state index contributed by atoms with van der Waals surface area (Å²) in [6.07, 6.45) is 13.7. The van der Waals surface area contributed by atoms with Crippen LogP contribution in [0.2, 0.25) is 0 Å². The number of nitrogens with zero attached hydrogens (tertiary/aromatic N) is 1. The number of ether oxygens (including phenoxy) is 1. The Balaban J connectivity index is 1.03. The summed E-state index contributed by atoms with van der Waals surface area (Å²) in [6, 6.07) is 6.13. The van der Waals surface area contributed by atoms with Crippen molar-refractivity contribution in [2.24, 2.45) is 17.6 Å². The molecular formula is C27H31N3O3S. The molecule has 4 aliphatic carbocycles. The molecule has 2 heterocycles. The lowest BCUT2D eigenvalue weighted by Gasteiger charge is -2.47. The number of H-pyrrole nitrogens is 1. The molecule has 0 fully saturated rings. The monoisotopic (exact) mass is 477 g/mol. The standard InChI is InChI=1S/C27H31N3O3S/c1-33-16-5-10-22-21(12-16)23(13-29-22)34-14-15(28)4-2-3-11-30-26(31)24-19-8-9-20(25(24)27(30)32)18-7-6-17(18)19/h5-10,12-13,15,17-20,29,31-32H,2-4,11,14,28H2,1H3. The summed E-state index contributed by atoms with van der Waals surface area (Å²) in [4.78, 5) is 4.49. The number of fused-ring (bicyclic) bond motifs is 1. The third-order valence-electron chi connectivity index (χ3n) is 7.82. The largest absolute Gasteiger partial charge is 0.497 e. The van der Waals surface area contributed by atoms with Crippen LogP contribution in [0.15, 0.2) is 53.6 Å². The van der Waals surface area contributed by atoms with E-state index in [-0.39, 0.29) is 29.6 Å². The number of allylic oxidation sites excluding steroid dienone is 4. The Kier molecular flexibility index (Phi) is 5.41. The van der Waals surface area contributed by atoms with Crippen LogP contribution in [-0.4, -0.2) is 38.7 Å². The molecule has 0 saturated carbocycles. The molecule has 6 nitrogen and oxygen atoms in total. The van der Waals surface area contributed by atoms with Crippen molar-refractivity contribution in [3.8, 4) is 17.5 Å². The molecular weight excluding hydrogens is 446 g/mol. The average molecular weight is 478 g/mol. The van der Waals surface area contributed by atoms with Crippen molar-refractivity contribution >= 4 is 22.7 Å². The van der Waals surface area contributed by atoms with Gasteiger partial charge in [0, 0.05) is 63.3 Å². The molecule has 0 saturated heterocycles. The van der Waals surface area contributed by atoms with Crippen LogP contribution in [0.4, 0.5) is 0 Å². The Morgan fingerprint density at radius 2 is 1.76 bits per heavy atom. The average Bonchev–Trinajstić information content (AvgIpc) is 3.34. The quantitative estimate of drug-likeness (QED) is 0.192. The van der Waals surface area contributed by atoms with Crippen molar-refractivity contribution in [1.82, 2.24) is 9.55 Å². The first kappa shape index (κ1) is 21.7. The van der Waals surface area contributed by atoms with Crippen molar-refractivity contribution in [3.05, 3.63) is 59.8 Å². The number of hydrogen-bond acceptors (Lipinski definition) is 5. The molecule has 34 heavy (non-hydrogen) atoms. The highest BCUT2D eigenvalue weighted by Gasteiger charge is 2.49. The van der Waals surface area contributed by atoms with Gasteiger partial charge in [-0.05, 0) is 42.9 Å². The summed E-state index contributed by atoms with van der Waals surface area (Å²) >= 11 is 1.77. The number of aromatic nitrogens is 2. The number of nitrogens with one attached hydrogen (secondary N) is 1. The van der Waals surface area contributed by atoms with Crippen molar-refractivity contribution in [2.75, 3.05) is 12.9 Å². The number of nitrogens with two attached hydrogens (primary N) is 1. The normalized spacial score (nSPS) is 24.8. The number of aromatic amines is 1. The highest BCUT2D eigenvalue weighted by molar-refractivity contribution is 7.99. The van der Waals surface area contributed by atoms with E-state index in [1.807, 2.05) is 18.3 Å². The van der Waals surface area contributed by atoms with Gasteiger partial charge in [-0.25, -0.2) is 0 Å². The summed E-state index contributed by atoms with van der Waals surface area (Å²) in [5.74, 6) is 3.51. The lowest BCUT2D eigenvalue weighted by Crippen LogP contribution is -2.36. The number of rotatable bonds is 9. The predicted molar refractivity (Wildman–Crippen MR) is 136 cm³/mol. The zero-order valence-electron chi connectivity index (χ0n) is 19.3. The second-order valence-corrected chi connectivity index (χ2v) is 10.8. The van der Waals surface area contributed by atoms with Crippen LogP contribution in [0.3, 0.4) is 0 Å². The van der Waals surface area contributed by atoms with E-state index in [0.717, 1.165) is 52.8 Å². The molecule has 4 aliphatic rings. The third kappa shape index (κ3) is 3.36. The predicted octanol–water partition coefficient (Wildman–Crippen LogP) is 5.23. The van der Waals surface area contributed by atoms with E-state index < -0.39 is 0 Å². The summed E-state index contributed by atoms with van der Waals surface area (Å²) in [5, 5.41) is 23.0. The number of unbranched alkanes of at least 4 members (excludes halogenated alkanes) is 1. The van der Waals surface area contributed by atoms with Gasteiger partial charge in [0.2, 0.25) is 0 Å². The van der Waals surface area contributed by atoms with Gasteiger partial charge < -0.3 is 25.7 Å². The van der Waals surface area contributed by atoms with Crippen LogP contribution in [0.5, 0.6) is 17.5 Å². The van der Waals surface area contributed by atoms with Crippen LogP contribution in [-0.2, 0) is 6.54 Å². The van der Waals surface area contributed by atoms with Gasteiger partial charge in [-0.1, -0.05) is 30.7 Å². The zero-order valence-corrected chi connectivity index (χ0v) is 20.1. The Labute approximate surface area is 203 Å². The molecule has 2 aromatic heterocycles. The maximum Gasteiger partial charge on any atom is 0.198 e. The summed E-state index contributed by atoms with van der Waals surface area (Å²) in [6.45, 7) is 0.606. The molecule has 5 N–H and O–H groups in total. The van der Waals surface area contributed by atoms with Gasteiger partial charge in [-0.3, -0.25) is 4.57 Å². The number of thioether (sulfide) groups is 1. The van der Waals surface area contributed by atoms with Gasteiger partial charge in [-0.2, -0.15) is 0 Å². The van der Waals surface area contributed by atoms with E-state index in [1.54, 1.807) is 23.4 Å². The molecule has 5 unspecified atom stereocenters. The molecule has 5 atom stereocenters. The van der Waals surface area contributed by atoms with Crippen LogP contribution < -0.4 is 10.5 Å². The highest BCUT2D eigenvalue weighted by Crippen LogP contribution is 2.61. The van der Waals surface area contributed by atoms with Gasteiger partial charge in [0.05, 0.1) is 7.11 Å². The fraction of sp³-hybridized carbons (Fsp3) is 0.407. The first-order valence-corrected chi connectivity index (χ1v) is 13.1. The lowest BCUT2D eigenvalue weighted by atomic mass is 9.56. The van der Waals surface area contributed by atoms with E-state index in [2.05, 4.69) is 35.4 Å². The van der Waals surface area contributed by atoms with Crippen molar-refractivity contribution < 1.29 is 14.9 Å². The summed E-state index contributed by atoms with van der Waals surface area (Å²) in [5.41, 5.74) is 9.40. The van der Waals surface area contributed by atoms with E-state index in [0.29, 0.717) is 18.4 Å². The Hall–Kier alpha value is -2.77. The number of hydrogen-bond donors (Lipinski definition) is 4. The fourth-order valence-electron chi connectivity index (χ4n) is 5.94. The van der Waals surface area contributed by atoms with Gasteiger partial charge in [0.25, 0.3) is 0 Å². The molecule has 0 spiro atoms. The molecule has 0 aliphatic heterocycles. The molecule has 7 heteroatoms. The highest BCUT2D eigenvalue weighted by atomic mass is 32.2. The van der Waals surface area contributed by atoms with Crippen molar-refractivity contribution in [1.29, 1.82) is 0 Å². The topological polar surface area (TPSA) is 96.4 Å². The van der Waals surface area contributed by atoms with Crippen molar-refractivity contribution in [3.63, 3.8) is 0 Å². The van der Waals surface area contributed by atoms with Gasteiger partial charge in [-0.15, -0.1) is 11.8 Å². The maximum absolute atomic E-state index is 10.9. The number of benzene rings is 1. The van der Waals surface area contributed by atoms with Crippen LogP contribution in [0, 0.1) is 11.8 Å². The minimum Gasteiger partial charge on any atom is -0.497 e. The second-order valence-electron chi connectivity index (χ2n) is 9.73. The Morgan fingerprint density at radius 3 is 2.41 bits per heavy atom. The minimum atomic E-state index is 0.0855. The number of methoxy groups -OCH3 is 1. The molecule has 7 rings (SSSR count). The Morgan fingerprint density at radius 1 is 1.06 bits per heavy atom. The Bertz CT molecular complexity index is 1240. The van der Waals surface area contributed by atoms with E-state index in [1.165, 1.54) is 4.90 Å².